The third-order valence-electron chi connectivity index (χ3n) is 4.71. The van der Waals surface area contributed by atoms with Gasteiger partial charge in [-0.1, -0.05) is 41.9 Å². The van der Waals surface area contributed by atoms with E-state index in [1.54, 1.807) is 37.4 Å². The molecule has 1 heterocycles. The van der Waals surface area contributed by atoms with Crippen LogP contribution in [0.1, 0.15) is 6.42 Å². The summed E-state index contributed by atoms with van der Waals surface area (Å²) in [6.07, 6.45) is 0.284. The van der Waals surface area contributed by atoms with Crippen LogP contribution >= 0.6 is 11.6 Å². The van der Waals surface area contributed by atoms with Gasteiger partial charge in [0, 0.05) is 34.6 Å². The maximum atomic E-state index is 12.3. The fraction of sp³-hybridized carbons (Fsp3) is 0.125. The highest BCUT2D eigenvalue weighted by Crippen LogP contribution is 2.27. The van der Waals surface area contributed by atoms with Crippen molar-refractivity contribution in [2.45, 2.75) is 6.42 Å². The highest BCUT2D eigenvalue weighted by molar-refractivity contribution is 6.31. The lowest BCUT2D eigenvalue weighted by Crippen LogP contribution is -2.16. The fourth-order valence-electron chi connectivity index (χ4n) is 3.15. The monoisotopic (exact) mass is 432 g/mol. The third-order valence-corrected chi connectivity index (χ3v) is 4.94. The molecule has 1 amide bonds. The van der Waals surface area contributed by atoms with Gasteiger partial charge in [-0.15, -0.1) is 0 Å². The molecule has 156 valence electrons. The van der Waals surface area contributed by atoms with Crippen molar-refractivity contribution < 1.29 is 9.53 Å². The van der Waals surface area contributed by atoms with E-state index < -0.39 is 0 Å². The molecule has 0 aliphatic carbocycles. The molecule has 0 atom stereocenters. The third kappa shape index (κ3) is 5.10. The summed E-state index contributed by atoms with van der Waals surface area (Å²) in [5.74, 6) is 1.91. The second-order valence-electron chi connectivity index (χ2n) is 6.88. The molecule has 31 heavy (non-hydrogen) atoms. The van der Waals surface area contributed by atoms with Crippen LogP contribution in [0.3, 0.4) is 0 Å². The number of nitrogens with one attached hydrogen (secondary N) is 2. The van der Waals surface area contributed by atoms with Crippen LogP contribution < -0.4 is 15.4 Å². The number of anilines is 2. The van der Waals surface area contributed by atoms with Crippen LogP contribution in [0, 0.1) is 0 Å². The summed E-state index contributed by atoms with van der Waals surface area (Å²) in [5, 5.41) is 7.61. The Balaban J connectivity index is 1.48. The van der Waals surface area contributed by atoms with Gasteiger partial charge in [-0.3, -0.25) is 4.79 Å². The molecule has 0 saturated carbocycles. The van der Waals surface area contributed by atoms with Crippen molar-refractivity contribution >= 4 is 39.9 Å². The Morgan fingerprint density at radius 3 is 2.52 bits per heavy atom. The van der Waals surface area contributed by atoms with Crippen molar-refractivity contribution in [1.82, 2.24) is 9.97 Å². The van der Waals surface area contributed by atoms with E-state index in [-0.39, 0.29) is 12.3 Å². The SMILES string of the molecule is COc1ccc(NC(=O)CCNc2nc(-c3ccccc3)nc3cc(Cl)ccc23)cc1. The van der Waals surface area contributed by atoms with E-state index >= 15 is 0 Å². The first-order chi connectivity index (χ1) is 15.1. The predicted molar refractivity (Wildman–Crippen MR) is 125 cm³/mol. The van der Waals surface area contributed by atoms with Gasteiger partial charge in [0.15, 0.2) is 5.82 Å². The Bertz CT molecular complexity index is 1200. The number of amides is 1. The molecule has 7 heteroatoms. The molecule has 0 radical (unpaired) electrons. The number of aromatic nitrogens is 2. The van der Waals surface area contributed by atoms with Gasteiger partial charge in [-0.2, -0.15) is 0 Å². The summed E-state index contributed by atoms with van der Waals surface area (Å²) in [5.41, 5.74) is 2.37. The van der Waals surface area contributed by atoms with Gasteiger partial charge in [0.1, 0.15) is 11.6 Å². The first kappa shape index (κ1) is 20.6. The average molecular weight is 433 g/mol. The highest BCUT2D eigenvalue weighted by Gasteiger charge is 2.11. The highest BCUT2D eigenvalue weighted by atomic mass is 35.5. The Labute approximate surface area is 185 Å². The molecular weight excluding hydrogens is 412 g/mol. The standard InChI is InChI=1S/C24H21ClN4O2/c1-31-19-10-8-18(9-11-19)27-22(30)13-14-26-24-20-12-7-17(25)15-21(20)28-23(29-24)16-5-3-2-4-6-16/h2-12,15H,13-14H2,1H3,(H,27,30)(H,26,28,29). The number of methoxy groups -OCH3 is 1. The number of carbonyl (C=O) groups excluding carboxylic acids is 1. The predicted octanol–water partition coefficient (Wildman–Crippen LogP) is 5.40. The van der Waals surface area contributed by atoms with Crippen LogP contribution in [0.5, 0.6) is 5.75 Å². The van der Waals surface area contributed by atoms with Crippen molar-refractivity contribution in [1.29, 1.82) is 0 Å². The van der Waals surface area contributed by atoms with Crippen molar-refractivity contribution in [3.05, 3.63) is 77.8 Å². The molecule has 4 aromatic rings. The number of hydrogen-bond acceptors (Lipinski definition) is 5. The summed E-state index contributed by atoms with van der Waals surface area (Å²) < 4.78 is 5.13. The number of hydrogen-bond donors (Lipinski definition) is 2. The van der Waals surface area contributed by atoms with Crippen LogP contribution in [-0.2, 0) is 4.79 Å². The molecule has 0 aliphatic rings. The van der Waals surface area contributed by atoms with E-state index in [1.165, 1.54) is 0 Å². The van der Waals surface area contributed by atoms with Gasteiger partial charge in [-0.05, 0) is 42.5 Å². The van der Waals surface area contributed by atoms with E-state index in [2.05, 4.69) is 20.6 Å². The fourth-order valence-corrected chi connectivity index (χ4v) is 3.31. The van der Waals surface area contributed by atoms with E-state index in [4.69, 9.17) is 16.3 Å². The van der Waals surface area contributed by atoms with Gasteiger partial charge in [-0.25, -0.2) is 9.97 Å². The molecule has 6 nitrogen and oxygen atoms in total. The maximum absolute atomic E-state index is 12.3. The number of fused-ring (bicyclic) bond motifs is 1. The van der Waals surface area contributed by atoms with Gasteiger partial charge in [0.2, 0.25) is 5.91 Å². The van der Waals surface area contributed by atoms with Crippen LogP contribution in [0.25, 0.3) is 22.3 Å². The van der Waals surface area contributed by atoms with Crippen LogP contribution in [0.15, 0.2) is 72.8 Å². The van der Waals surface area contributed by atoms with E-state index in [9.17, 15) is 4.79 Å². The molecule has 0 unspecified atom stereocenters. The van der Waals surface area contributed by atoms with E-state index in [1.807, 2.05) is 42.5 Å². The normalized spacial score (nSPS) is 10.6. The minimum Gasteiger partial charge on any atom is -0.497 e. The first-order valence-corrected chi connectivity index (χ1v) is 10.2. The Morgan fingerprint density at radius 1 is 1.00 bits per heavy atom. The number of rotatable bonds is 7. The van der Waals surface area contributed by atoms with Crippen LogP contribution in [0.2, 0.25) is 5.02 Å². The summed E-state index contributed by atoms with van der Waals surface area (Å²) in [4.78, 5) is 21.7. The number of carbonyl (C=O) groups is 1. The summed E-state index contributed by atoms with van der Waals surface area (Å²) in [7, 11) is 1.60. The lowest BCUT2D eigenvalue weighted by Gasteiger charge is -2.12. The summed E-state index contributed by atoms with van der Waals surface area (Å²) in [6, 6.07) is 22.5. The number of nitrogens with zero attached hydrogens (tertiary/aromatic N) is 2. The van der Waals surface area contributed by atoms with E-state index in [0.29, 0.717) is 23.2 Å². The molecule has 2 N–H and O–H groups in total. The Morgan fingerprint density at radius 2 is 1.77 bits per heavy atom. The molecule has 3 aromatic carbocycles. The van der Waals surface area contributed by atoms with Gasteiger partial charge < -0.3 is 15.4 Å². The lowest BCUT2D eigenvalue weighted by atomic mass is 10.2. The smallest absolute Gasteiger partial charge is 0.226 e. The molecule has 0 fully saturated rings. The zero-order chi connectivity index (χ0) is 21.6. The molecule has 0 spiro atoms. The number of ether oxygens (including phenoxy) is 1. The second-order valence-corrected chi connectivity index (χ2v) is 7.31. The van der Waals surface area contributed by atoms with Crippen molar-refractivity contribution in [2.24, 2.45) is 0 Å². The number of halogens is 1. The van der Waals surface area contributed by atoms with Crippen molar-refractivity contribution in [3.8, 4) is 17.1 Å². The molecular formula is C24H21ClN4O2. The summed E-state index contributed by atoms with van der Waals surface area (Å²) >= 11 is 6.17. The largest absolute Gasteiger partial charge is 0.497 e. The van der Waals surface area contributed by atoms with Gasteiger partial charge in [0.25, 0.3) is 0 Å². The minimum absolute atomic E-state index is 0.0950. The van der Waals surface area contributed by atoms with Crippen LogP contribution in [-0.4, -0.2) is 29.5 Å². The minimum atomic E-state index is -0.0950. The molecule has 0 bridgehead atoms. The Kier molecular flexibility index (Phi) is 6.29. The molecule has 0 saturated heterocycles. The lowest BCUT2D eigenvalue weighted by molar-refractivity contribution is -0.115. The van der Waals surface area contributed by atoms with Gasteiger partial charge in [0.05, 0.1) is 12.6 Å². The number of benzene rings is 3. The van der Waals surface area contributed by atoms with Crippen LogP contribution in [0.4, 0.5) is 11.5 Å². The Hall–Kier alpha value is -3.64. The molecule has 1 aromatic heterocycles. The van der Waals surface area contributed by atoms with Crippen molar-refractivity contribution in [3.63, 3.8) is 0 Å². The van der Waals surface area contributed by atoms with E-state index in [0.717, 1.165) is 27.9 Å². The topological polar surface area (TPSA) is 76.1 Å². The zero-order valence-electron chi connectivity index (χ0n) is 16.9. The maximum Gasteiger partial charge on any atom is 0.226 e. The quantitative estimate of drug-likeness (QED) is 0.409. The average Bonchev–Trinajstić information content (AvgIpc) is 2.79. The molecule has 0 aliphatic heterocycles. The van der Waals surface area contributed by atoms with Crippen molar-refractivity contribution in [2.75, 3.05) is 24.3 Å². The molecule has 4 rings (SSSR count). The zero-order valence-corrected chi connectivity index (χ0v) is 17.7. The van der Waals surface area contributed by atoms with Gasteiger partial charge >= 0.3 is 0 Å². The first-order valence-electron chi connectivity index (χ1n) is 9.83. The summed E-state index contributed by atoms with van der Waals surface area (Å²) in [6.45, 7) is 0.422. The second kappa shape index (κ2) is 9.45.